The van der Waals surface area contributed by atoms with E-state index in [4.69, 9.17) is 11.6 Å². The van der Waals surface area contributed by atoms with Crippen molar-refractivity contribution >= 4 is 23.2 Å². The molecule has 0 aliphatic rings. The Morgan fingerprint density at radius 3 is 2.64 bits per heavy atom. The molecule has 2 N–H and O–H groups in total. The molecule has 0 atom stereocenters. The highest BCUT2D eigenvalue weighted by Crippen LogP contribution is 2.30. The number of carbonyl (C=O) groups excluding carboxylic acids is 1. The maximum Gasteiger partial charge on any atom is 0.274 e. The lowest BCUT2D eigenvalue weighted by Gasteiger charge is -2.09. The summed E-state index contributed by atoms with van der Waals surface area (Å²) >= 11 is 6.38. The van der Waals surface area contributed by atoms with Gasteiger partial charge in [0.05, 0.1) is 16.9 Å². The van der Waals surface area contributed by atoms with Crippen molar-refractivity contribution in [3.8, 4) is 22.6 Å². The van der Waals surface area contributed by atoms with Gasteiger partial charge < -0.3 is 10.3 Å². The van der Waals surface area contributed by atoms with Crippen LogP contribution in [0.25, 0.3) is 22.6 Å². The Hall–Kier alpha value is -3.44. The number of amides is 1. The van der Waals surface area contributed by atoms with Crippen molar-refractivity contribution in [3.63, 3.8) is 0 Å². The largest absolute Gasteiger partial charge is 0.338 e. The lowest BCUT2D eigenvalue weighted by molar-refractivity contribution is 0.102. The molecule has 0 fully saturated rings. The van der Waals surface area contributed by atoms with Gasteiger partial charge in [-0.3, -0.25) is 9.78 Å². The Balaban J connectivity index is 1.62. The Morgan fingerprint density at radius 1 is 1.04 bits per heavy atom. The molecule has 5 nitrogen and oxygen atoms in total. The molecule has 1 amide bonds. The second-order valence-corrected chi connectivity index (χ2v) is 6.74. The first-order chi connectivity index (χ1) is 13.6. The molecule has 28 heavy (non-hydrogen) atoms. The van der Waals surface area contributed by atoms with Gasteiger partial charge in [0, 0.05) is 17.4 Å². The van der Waals surface area contributed by atoms with Crippen LogP contribution in [0.4, 0.5) is 5.69 Å². The number of halogens is 1. The van der Waals surface area contributed by atoms with Crippen molar-refractivity contribution in [2.45, 2.75) is 6.92 Å². The molecule has 0 bridgehead atoms. The Bertz CT molecular complexity index is 1140. The average molecular weight is 389 g/mol. The van der Waals surface area contributed by atoms with E-state index in [1.54, 1.807) is 36.7 Å². The molecule has 0 spiro atoms. The first kappa shape index (κ1) is 17.9. The molecule has 2 aromatic heterocycles. The minimum Gasteiger partial charge on any atom is -0.338 e. The zero-order chi connectivity index (χ0) is 19.5. The molecule has 6 heteroatoms. The van der Waals surface area contributed by atoms with Crippen molar-refractivity contribution in [2.24, 2.45) is 0 Å². The molecule has 138 valence electrons. The molecule has 2 aromatic carbocycles. The summed E-state index contributed by atoms with van der Waals surface area (Å²) in [6.07, 6.45) is 3.37. The Labute approximate surface area is 167 Å². The number of anilines is 1. The Morgan fingerprint density at radius 2 is 1.86 bits per heavy atom. The fourth-order valence-electron chi connectivity index (χ4n) is 2.92. The number of hydrogen-bond acceptors (Lipinski definition) is 3. The van der Waals surface area contributed by atoms with Gasteiger partial charge in [0.1, 0.15) is 11.5 Å². The van der Waals surface area contributed by atoms with E-state index in [-0.39, 0.29) is 5.91 Å². The van der Waals surface area contributed by atoms with Crippen LogP contribution >= 0.6 is 11.6 Å². The van der Waals surface area contributed by atoms with Gasteiger partial charge in [0.15, 0.2) is 0 Å². The molecule has 0 radical (unpaired) electrons. The van der Waals surface area contributed by atoms with E-state index in [1.807, 2.05) is 43.3 Å². The van der Waals surface area contributed by atoms with Crippen molar-refractivity contribution in [2.75, 3.05) is 5.32 Å². The first-order valence-corrected chi connectivity index (χ1v) is 9.13. The first-order valence-electron chi connectivity index (χ1n) is 8.75. The highest BCUT2D eigenvalue weighted by Gasteiger charge is 2.13. The van der Waals surface area contributed by atoms with E-state index in [1.165, 1.54) is 0 Å². The zero-order valence-electron chi connectivity index (χ0n) is 15.1. The van der Waals surface area contributed by atoms with Crippen LogP contribution in [0.1, 0.15) is 16.1 Å². The molecule has 0 saturated carbocycles. The molecule has 0 unspecified atom stereocenters. The van der Waals surface area contributed by atoms with Crippen molar-refractivity contribution in [1.29, 1.82) is 0 Å². The van der Waals surface area contributed by atoms with Crippen LogP contribution in [0.15, 0.2) is 73.1 Å². The van der Waals surface area contributed by atoms with Gasteiger partial charge in [0.2, 0.25) is 0 Å². The predicted octanol–water partition coefficient (Wildman–Crippen LogP) is 5.35. The van der Waals surface area contributed by atoms with Gasteiger partial charge >= 0.3 is 0 Å². The number of pyridine rings is 1. The summed E-state index contributed by atoms with van der Waals surface area (Å²) in [5.41, 5.74) is 4.46. The van der Waals surface area contributed by atoms with Gasteiger partial charge in [-0.25, -0.2) is 4.98 Å². The predicted molar refractivity (Wildman–Crippen MR) is 111 cm³/mol. The Kier molecular flexibility index (Phi) is 4.91. The van der Waals surface area contributed by atoms with Crippen LogP contribution in [-0.2, 0) is 0 Å². The van der Waals surface area contributed by atoms with E-state index in [0.717, 1.165) is 16.8 Å². The third kappa shape index (κ3) is 3.66. The fraction of sp³-hybridized carbons (Fsp3) is 0.0455. The summed E-state index contributed by atoms with van der Waals surface area (Å²) in [7, 11) is 0. The van der Waals surface area contributed by atoms with E-state index in [9.17, 15) is 4.79 Å². The van der Waals surface area contributed by atoms with Gasteiger partial charge in [-0.15, -0.1) is 0 Å². The summed E-state index contributed by atoms with van der Waals surface area (Å²) < 4.78 is 0. The molecule has 0 aliphatic carbocycles. The molecule has 4 aromatic rings. The second-order valence-electron chi connectivity index (χ2n) is 6.33. The molecule has 4 rings (SSSR count). The number of rotatable bonds is 4. The zero-order valence-corrected chi connectivity index (χ0v) is 15.9. The van der Waals surface area contributed by atoms with Crippen LogP contribution < -0.4 is 5.32 Å². The summed E-state index contributed by atoms with van der Waals surface area (Å²) in [6, 6.07) is 18.9. The number of imidazole rings is 1. The average Bonchev–Trinajstić information content (AvgIpc) is 3.20. The maximum atomic E-state index is 12.5. The number of nitrogens with one attached hydrogen (secondary N) is 2. The van der Waals surface area contributed by atoms with Crippen molar-refractivity contribution < 1.29 is 4.79 Å². The summed E-state index contributed by atoms with van der Waals surface area (Å²) in [4.78, 5) is 24.4. The van der Waals surface area contributed by atoms with E-state index in [0.29, 0.717) is 27.8 Å². The van der Waals surface area contributed by atoms with Crippen molar-refractivity contribution in [1.82, 2.24) is 15.0 Å². The number of aryl methyl sites for hydroxylation is 1. The number of nitrogens with zero attached hydrogens (tertiary/aromatic N) is 2. The van der Waals surface area contributed by atoms with Crippen LogP contribution in [-0.4, -0.2) is 20.9 Å². The molecule has 2 heterocycles. The van der Waals surface area contributed by atoms with Crippen molar-refractivity contribution in [3.05, 3.63) is 89.3 Å². The number of H-pyrrole nitrogens is 1. The molecule has 0 aliphatic heterocycles. The van der Waals surface area contributed by atoms with Gasteiger partial charge in [-0.1, -0.05) is 48.0 Å². The summed E-state index contributed by atoms with van der Waals surface area (Å²) in [5, 5.41) is 3.42. The lowest BCUT2D eigenvalue weighted by atomic mass is 10.1. The van der Waals surface area contributed by atoms with Gasteiger partial charge in [0.25, 0.3) is 5.91 Å². The van der Waals surface area contributed by atoms with Crippen LogP contribution in [0, 0.1) is 6.92 Å². The third-order valence-electron chi connectivity index (χ3n) is 4.36. The van der Waals surface area contributed by atoms with Crippen LogP contribution in [0.2, 0.25) is 5.02 Å². The maximum absolute atomic E-state index is 12.5. The quantitative estimate of drug-likeness (QED) is 0.494. The van der Waals surface area contributed by atoms with E-state index in [2.05, 4.69) is 20.3 Å². The summed E-state index contributed by atoms with van der Waals surface area (Å²) in [5.74, 6) is 0.366. The SMILES string of the molecule is Cc1cccnc1C(=O)Nc1ccc(Cl)c(-c2ncc(-c3ccccc3)[nH]2)c1. The molecule has 0 saturated heterocycles. The third-order valence-corrected chi connectivity index (χ3v) is 4.69. The topological polar surface area (TPSA) is 70.7 Å². The molecular weight excluding hydrogens is 372 g/mol. The van der Waals surface area contributed by atoms with Gasteiger partial charge in [-0.2, -0.15) is 0 Å². The lowest BCUT2D eigenvalue weighted by Crippen LogP contribution is -2.15. The number of aromatic amines is 1. The van der Waals surface area contributed by atoms with E-state index >= 15 is 0 Å². The smallest absolute Gasteiger partial charge is 0.274 e. The number of benzene rings is 2. The number of carbonyl (C=O) groups is 1. The standard InChI is InChI=1S/C22H17ClN4O/c1-14-6-5-11-24-20(14)22(28)26-16-9-10-18(23)17(12-16)21-25-13-19(27-21)15-7-3-2-4-8-15/h2-13H,1H3,(H,25,27)(H,26,28). The highest BCUT2D eigenvalue weighted by atomic mass is 35.5. The normalized spacial score (nSPS) is 10.6. The number of aromatic nitrogens is 3. The number of hydrogen-bond donors (Lipinski definition) is 2. The summed E-state index contributed by atoms with van der Waals surface area (Å²) in [6.45, 7) is 1.85. The van der Waals surface area contributed by atoms with Crippen LogP contribution in [0.3, 0.4) is 0 Å². The minimum absolute atomic E-state index is 0.268. The monoisotopic (exact) mass is 388 g/mol. The fourth-order valence-corrected chi connectivity index (χ4v) is 3.13. The van der Waals surface area contributed by atoms with Crippen LogP contribution in [0.5, 0.6) is 0 Å². The van der Waals surface area contributed by atoms with Gasteiger partial charge in [-0.05, 0) is 42.3 Å². The second kappa shape index (κ2) is 7.66. The van der Waals surface area contributed by atoms with E-state index < -0.39 is 0 Å². The molecular formula is C22H17ClN4O. The highest BCUT2D eigenvalue weighted by molar-refractivity contribution is 6.33. The minimum atomic E-state index is -0.268.